The average Bonchev–Trinajstić information content (AvgIpc) is 2.43. The molecule has 0 aromatic heterocycles. The molecule has 0 aliphatic rings. The highest BCUT2D eigenvalue weighted by molar-refractivity contribution is 6.04. The number of hydrogen-bond acceptors (Lipinski definition) is 6. The summed E-state index contributed by atoms with van der Waals surface area (Å²) in [5, 5.41) is 0. The van der Waals surface area contributed by atoms with Crippen LogP contribution in [-0.4, -0.2) is 17.7 Å². The molecule has 0 unspecified atom stereocenters. The second-order valence-electron chi connectivity index (χ2n) is 3.22. The van der Waals surface area contributed by atoms with Crippen LogP contribution in [0.15, 0.2) is 18.2 Å². The first-order valence-electron chi connectivity index (χ1n) is 4.71. The van der Waals surface area contributed by atoms with E-state index in [9.17, 15) is 14.4 Å². The van der Waals surface area contributed by atoms with Crippen molar-refractivity contribution in [2.75, 3.05) is 0 Å². The molecule has 0 spiro atoms. The minimum atomic E-state index is -0.659. The van der Waals surface area contributed by atoms with Crippen molar-refractivity contribution in [1.29, 1.82) is 0 Å². The van der Waals surface area contributed by atoms with Crippen LogP contribution < -0.4 is 33.8 Å². The predicted molar refractivity (Wildman–Crippen MR) is 61.4 cm³/mol. The third kappa shape index (κ3) is 2.79. The molecule has 0 bridgehead atoms. The summed E-state index contributed by atoms with van der Waals surface area (Å²) in [7, 11) is 0. The molecule has 0 aliphatic heterocycles. The smallest absolute Gasteiger partial charge is 0.265 e. The van der Waals surface area contributed by atoms with Gasteiger partial charge < -0.3 is 0 Å². The Balaban J connectivity index is 3.32. The number of hydrazine groups is 3. The van der Waals surface area contributed by atoms with Gasteiger partial charge in [-0.1, -0.05) is 0 Å². The highest BCUT2D eigenvalue weighted by Crippen LogP contribution is 2.10. The van der Waals surface area contributed by atoms with E-state index in [-0.39, 0.29) is 16.7 Å². The van der Waals surface area contributed by atoms with Crippen molar-refractivity contribution in [3.63, 3.8) is 0 Å². The minimum Gasteiger partial charge on any atom is -0.290 e. The number of carbonyl (C=O) groups is 3. The van der Waals surface area contributed by atoms with Gasteiger partial charge in [-0.15, -0.1) is 0 Å². The number of rotatable bonds is 3. The SMILES string of the molecule is NNC(=O)c1cc(C(=O)NN)cc(C(=O)NN)c1. The Bertz CT molecular complexity index is 417. The molecule has 9 nitrogen and oxygen atoms in total. The van der Waals surface area contributed by atoms with Gasteiger partial charge in [0.25, 0.3) is 17.7 Å². The quantitative estimate of drug-likeness (QED) is 0.197. The first-order chi connectivity index (χ1) is 8.53. The van der Waals surface area contributed by atoms with E-state index in [0.717, 1.165) is 0 Å². The van der Waals surface area contributed by atoms with Crippen LogP contribution in [0.5, 0.6) is 0 Å². The Morgan fingerprint density at radius 3 is 1.06 bits per heavy atom. The van der Waals surface area contributed by atoms with Crippen molar-refractivity contribution in [3.05, 3.63) is 34.9 Å². The van der Waals surface area contributed by atoms with Gasteiger partial charge in [0, 0.05) is 16.7 Å². The molecule has 9 heteroatoms. The average molecular weight is 252 g/mol. The third-order valence-corrected chi connectivity index (χ3v) is 2.11. The molecule has 9 N–H and O–H groups in total. The molecule has 0 saturated heterocycles. The monoisotopic (exact) mass is 252 g/mol. The normalized spacial score (nSPS) is 9.50. The fourth-order valence-corrected chi connectivity index (χ4v) is 1.27. The summed E-state index contributed by atoms with van der Waals surface area (Å²) in [6.45, 7) is 0. The molecular formula is C9H12N6O3. The standard InChI is InChI=1S/C9H12N6O3/c10-13-7(16)4-1-5(8(17)14-11)3-6(2-4)9(18)15-12/h1-3H,10-12H2,(H,13,16)(H,14,17)(H,15,18). The van der Waals surface area contributed by atoms with Crippen molar-refractivity contribution in [1.82, 2.24) is 16.3 Å². The van der Waals surface area contributed by atoms with E-state index in [1.165, 1.54) is 18.2 Å². The summed E-state index contributed by atoms with van der Waals surface area (Å²) >= 11 is 0. The van der Waals surface area contributed by atoms with Crippen LogP contribution in [0.2, 0.25) is 0 Å². The van der Waals surface area contributed by atoms with Gasteiger partial charge in [-0.05, 0) is 18.2 Å². The molecule has 0 radical (unpaired) electrons. The lowest BCUT2D eigenvalue weighted by Crippen LogP contribution is -2.34. The van der Waals surface area contributed by atoms with Crippen LogP contribution in [0.25, 0.3) is 0 Å². The number of hydrogen-bond donors (Lipinski definition) is 6. The van der Waals surface area contributed by atoms with Crippen LogP contribution in [0.4, 0.5) is 0 Å². The number of nitrogen functional groups attached to an aromatic ring is 3. The van der Waals surface area contributed by atoms with Gasteiger partial charge in [0.2, 0.25) is 0 Å². The molecule has 3 amide bonds. The number of amides is 3. The van der Waals surface area contributed by atoms with E-state index in [0.29, 0.717) is 0 Å². The van der Waals surface area contributed by atoms with Crippen LogP contribution in [0.3, 0.4) is 0 Å². The second-order valence-corrected chi connectivity index (χ2v) is 3.22. The van der Waals surface area contributed by atoms with Crippen LogP contribution in [0.1, 0.15) is 31.1 Å². The van der Waals surface area contributed by atoms with Crippen LogP contribution in [-0.2, 0) is 0 Å². The van der Waals surface area contributed by atoms with Gasteiger partial charge in [-0.3, -0.25) is 30.7 Å². The molecule has 0 fully saturated rings. The Labute approximate surface area is 102 Å². The number of benzene rings is 1. The molecule has 96 valence electrons. The van der Waals surface area contributed by atoms with Crippen molar-refractivity contribution >= 4 is 17.7 Å². The van der Waals surface area contributed by atoms with Crippen LogP contribution in [0, 0.1) is 0 Å². The summed E-state index contributed by atoms with van der Waals surface area (Å²) in [6, 6.07) is 3.70. The van der Waals surface area contributed by atoms with Crippen molar-refractivity contribution in [2.24, 2.45) is 17.5 Å². The van der Waals surface area contributed by atoms with Gasteiger partial charge in [-0.25, -0.2) is 17.5 Å². The molecule has 0 saturated carbocycles. The van der Waals surface area contributed by atoms with Crippen molar-refractivity contribution in [3.8, 4) is 0 Å². The molecule has 1 aromatic carbocycles. The Morgan fingerprint density at radius 1 is 0.667 bits per heavy atom. The van der Waals surface area contributed by atoms with Crippen molar-refractivity contribution in [2.45, 2.75) is 0 Å². The Morgan fingerprint density at radius 2 is 0.889 bits per heavy atom. The Hall–Kier alpha value is -2.49. The lowest BCUT2D eigenvalue weighted by atomic mass is 10.0. The minimum absolute atomic E-state index is 0.0252. The fraction of sp³-hybridized carbons (Fsp3) is 0. The largest absolute Gasteiger partial charge is 0.290 e. The molecule has 18 heavy (non-hydrogen) atoms. The van der Waals surface area contributed by atoms with E-state index < -0.39 is 17.7 Å². The molecule has 0 atom stereocenters. The maximum absolute atomic E-state index is 11.4. The van der Waals surface area contributed by atoms with Crippen LogP contribution >= 0.6 is 0 Å². The molecule has 0 heterocycles. The number of nitrogens with two attached hydrogens (primary N) is 3. The van der Waals surface area contributed by atoms with E-state index in [2.05, 4.69) is 0 Å². The van der Waals surface area contributed by atoms with Gasteiger partial charge in [-0.2, -0.15) is 0 Å². The van der Waals surface area contributed by atoms with Gasteiger partial charge in [0.1, 0.15) is 0 Å². The van der Waals surface area contributed by atoms with Crippen molar-refractivity contribution < 1.29 is 14.4 Å². The fourth-order valence-electron chi connectivity index (χ4n) is 1.27. The first-order valence-corrected chi connectivity index (χ1v) is 4.71. The molecule has 1 rings (SSSR count). The summed E-state index contributed by atoms with van der Waals surface area (Å²) in [4.78, 5) is 34.1. The lowest BCUT2D eigenvalue weighted by molar-refractivity contribution is 0.0953. The zero-order valence-electron chi connectivity index (χ0n) is 9.19. The van der Waals surface area contributed by atoms with E-state index in [4.69, 9.17) is 17.5 Å². The highest BCUT2D eigenvalue weighted by Gasteiger charge is 2.14. The highest BCUT2D eigenvalue weighted by atomic mass is 16.2. The van der Waals surface area contributed by atoms with E-state index in [1.807, 2.05) is 16.3 Å². The summed E-state index contributed by atoms with van der Waals surface area (Å²) in [5.41, 5.74) is 5.73. The number of carbonyl (C=O) groups excluding carboxylic acids is 3. The zero-order valence-corrected chi connectivity index (χ0v) is 9.19. The molecule has 1 aromatic rings. The van der Waals surface area contributed by atoms with Gasteiger partial charge in [0.05, 0.1) is 0 Å². The summed E-state index contributed by atoms with van der Waals surface area (Å²) in [6.07, 6.45) is 0. The summed E-state index contributed by atoms with van der Waals surface area (Å²) in [5.74, 6) is 12.9. The predicted octanol–water partition coefficient (Wildman–Crippen LogP) is -2.50. The zero-order chi connectivity index (χ0) is 13.7. The number of nitrogens with one attached hydrogen (secondary N) is 3. The second kappa shape index (κ2) is 5.72. The van der Waals surface area contributed by atoms with Gasteiger partial charge in [0.15, 0.2) is 0 Å². The maximum Gasteiger partial charge on any atom is 0.265 e. The third-order valence-electron chi connectivity index (χ3n) is 2.11. The van der Waals surface area contributed by atoms with E-state index in [1.54, 1.807) is 0 Å². The molecule has 0 aliphatic carbocycles. The van der Waals surface area contributed by atoms with Gasteiger partial charge >= 0.3 is 0 Å². The maximum atomic E-state index is 11.4. The molecular weight excluding hydrogens is 240 g/mol. The topological polar surface area (TPSA) is 165 Å². The lowest BCUT2D eigenvalue weighted by Gasteiger charge is -2.07. The Kier molecular flexibility index (Phi) is 4.32. The summed E-state index contributed by atoms with van der Waals surface area (Å²) < 4.78 is 0. The van der Waals surface area contributed by atoms with E-state index >= 15 is 0 Å². The first kappa shape index (κ1) is 13.6.